The molecule has 1 nitrogen and oxygen atoms in total. The van der Waals surface area contributed by atoms with E-state index in [0.717, 1.165) is 17.5 Å². The second-order valence-electron chi connectivity index (χ2n) is 5.04. The lowest BCUT2D eigenvalue weighted by atomic mass is 9.74. The fourth-order valence-electron chi connectivity index (χ4n) is 2.52. The molecule has 0 aliphatic carbocycles. The van der Waals surface area contributed by atoms with Crippen molar-refractivity contribution >= 4 is 23.2 Å². The largest absolute Gasteiger partial charge is 0.395 e. The molecule has 1 N–H and O–H groups in total. The smallest absolute Gasteiger partial charge is 0.0531 e. The molecule has 0 heterocycles. The third-order valence-electron chi connectivity index (χ3n) is 3.94. The molecule has 0 saturated heterocycles. The van der Waals surface area contributed by atoms with Crippen LogP contribution >= 0.6 is 23.2 Å². The van der Waals surface area contributed by atoms with Crippen LogP contribution in [0, 0.1) is 0 Å². The minimum Gasteiger partial charge on any atom is -0.395 e. The van der Waals surface area contributed by atoms with Crippen molar-refractivity contribution in [3.63, 3.8) is 0 Å². The van der Waals surface area contributed by atoms with Gasteiger partial charge in [-0.2, -0.15) is 0 Å². The number of aliphatic hydroxyl groups excluding tert-OH is 1. The zero-order valence-corrected chi connectivity index (χ0v) is 13.0. The van der Waals surface area contributed by atoms with Gasteiger partial charge in [0, 0.05) is 15.5 Å². The Kier molecular flexibility index (Phi) is 5.09. The van der Waals surface area contributed by atoms with Crippen LogP contribution in [0.25, 0.3) is 0 Å². The van der Waals surface area contributed by atoms with Gasteiger partial charge in [0.05, 0.1) is 6.61 Å². The number of halogens is 2. The molecule has 20 heavy (non-hydrogen) atoms. The summed E-state index contributed by atoms with van der Waals surface area (Å²) in [5.41, 5.74) is 1.66. The summed E-state index contributed by atoms with van der Waals surface area (Å²) >= 11 is 12.5. The van der Waals surface area contributed by atoms with E-state index >= 15 is 0 Å². The summed E-state index contributed by atoms with van der Waals surface area (Å²) in [5, 5.41) is 11.3. The average molecular weight is 309 g/mol. The molecular weight excluding hydrogens is 291 g/mol. The Morgan fingerprint density at radius 3 is 2.05 bits per heavy atom. The fraction of sp³-hybridized carbons (Fsp3) is 0.294. The SMILES string of the molecule is CCC(CO)(Cc1c(Cl)cccc1Cl)c1ccccc1. The second-order valence-corrected chi connectivity index (χ2v) is 5.85. The van der Waals surface area contributed by atoms with Gasteiger partial charge in [-0.05, 0) is 36.1 Å². The van der Waals surface area contributed by atoms with Crippen molar-refractivity contribution < 1.29 is 5.11 Å². The van der Waals surface area contributed by atoms with Crippen LogP contribution in [0.2, 0.25) is 10.0 Å². The standard InChI is InChI=1S/C17H18Cl2O/c1-2-17(12-20,13-7-4-3-5-8-13)11-14-15(18)9-6-10-16(14)19/h3-10,20H,2,11-12H2,1H3. The quantitative estimate of drug-likeness (QED) is 0.835. The Hall–Kier alpha value is -1.02. The van der Waals surface area contributed by atoms with Crippen LogP contribution in [0.15, 0.2) is 48.5 Å². The van der Waals surface area contributed by atoms with Gasteiger partial charge in [-0.25, -0.2) is 0 Å². The van der Waals surface area contributed by atoms with E-state index in [-0.39, 0.29) is 12.0 Å². The molecule has 2 aromatic rings. The molecule has 0 fully saturated rings. The topological polar surface area (TPSA) is 20.2 Å². The lowest BCUT2D eigenvalue weighted by Crippen LogP contribution is -2.32. The molecule has 0 aromatic heterocycles. The van der Waals surface area contributed by atoms with Crippen molar-refractivity contribution in [1.82, 2.24) is 0 Å². The number of hydrogen-bond donors (Lipinski definition) is 1. The molecule has 0 spiro atoms. The first-order valence-electron chi connectivity index (χ1n) is 6.72. The minimum atomic E-state index is -0.351. The third kappa shape index (κ3) is 3.01. The maximum atomic E-state index is 9.99. The van der Waals surface area contributed by atoms with Crippen molar-refractivity contribution in [2.24, 2.45) is 0 Å². The van der Waals surface area contributed by atoms with E-state index in [1.165, 1.54) is 0 Å². The highest BCUT2D eigenvalue weighted by Crippen LogP contribution is 2.36. The third-order valence-corrected chi connectivity index (χ3v) is 4.65. The molecule has 2 rings (SSSR count). The van der Waals surface area contributed by atoms with Crippen LogP contribution in [0.3, 0.4) is 0 Å². The summed E-state index contributed by atoms with van der Waals surface area (Å²) in [6, 6.07) is 15.6. The minimum absolute atomic E-state index is 0.0645. The van der Waals surface area contributed by atoms with Gasteiger partial charge in [0.2, 0.25) is 0 Å². The lowest BCUT2D eigenvalue weighted by Gasteiger charge is -2.32. The maximum absolute atomic E-state index is 9.99. The summed E-state index contributed by atoms with van der Waals surface area (Å²) < 4.78 is 0. The predicted molar refractivity (Wildman–Crippen MR) is 85.7 cm³/mol. The van der Waals surface area contributed by atoms with Gasteiger partial charge < -0.3 is 5.11 Å². The predicted octanol–water partition coefficient (Wildman–Crippen LogP) is 4.88. The van der Waals surface area contributed by atoms with Crippen LogP contribution in [-0.2, 0) is 11.8 Å². The first-order chi connectivity index (χ1) is 9.63. The molecule has 1 atom stereocenters. The monoisotopic (exact) mass is 308 g/mol. The Morgan fingerprint density at radius 2 is 1.55 bits per heavy atom. The van der Waals surface area contributed by atoms with Crippen LogP contribution in [-0.4, -0.2) is 11.7 Å². The highest BCUT2D eigenvalue weighted by atomic mass is 35.5. The van der Waals surface area contributed by atoms with Crippen molar-refractivity contribution in [3.8, 4) is 0 Å². The van der Waals surface area contributed by atoms with Gasteiger partial charge in [-0.3, -0.25) is 0 Å². The highest BCUT2D eigenvalue weighted by molar-refractivity contribution is 6.36. The molecule has 0 saturated carbocycles. The summed E-state index contributed by atoms with van der Waals surface area (Å²) in [6.45, 7) is 2.14. The Balaban J connectivity index is 2.45. The summed E-state index contributed by atoms with van der Waals surface area (Å²) in [4.78, 5) is 0. The molecule has 2 aromatic carbocycles. The van der Waals surface area contributed by atoms with Gasteiger partial charge in [0.1, 0.15) is 0 Å². The Morgan fingerprint density at radius 1 is 0.950 bits per heavy atom. The number of rotatable bonds is 5. The summed E-state index contributed by atoms with van der Waals surface area (Å²) in [6.07, 6.45) is 1.44. The summed E-state index contributed by atoms with van der Waals surface area (Å²) in [5.74, 6) is 0. The normalized spacial score (nSPS) is 14.0. The van der Waals surface area contributed by atoms with Crippen LogP contribution in [0.5, 0.6) is 0 Å². The maximum Gasteiger partial charge on any atom is 0.0531 e. The van der Waals surface area contributed by atoms with E-state index in [4.69, 9.17) is 23.2 Å². The van der Waals surface area contributed by atoms with Crippen molar-refractivity contribution in [2.75, 3.05) is 6.61 Å². The van der Waals surface area contributed by atoms with Crippen molar-refractivity contribution in [1.29, 1.82) is 0 Å². The molecule has 106 valence electrons. The van der Waals surface area contributed by atoms with E-state index in [1.54, 1.807) is 0 Å². The average Bonchev–Trinajstić information content (AvgIpc) is 2.49. The van der Waals surface area contributed by atoms with E-state index in [9.17, 15) is 5.11 Å². The van der Waals surface area contributed by atoms with E-state index < -0.39 is 0 Å². The summed E-state index contributed by atoms with van der Waals surface area (Å²) in [7, 11) is 0. The van der Waals surface area contributed by atoms with E-state index in [2.05, 4.69) is 6.92 Å². The lowest BCUT2D eigenvalue weighted by molar-refractivity contribution is 0.186. The first kappa shape index (κ1) is 15.4. The molecular formula is C17H18Cl2O. The highest BCUT2D eigenvalue weighted by Gasteiger charge is 2.31. The van der Waals surface area contributed by atoms with Crippen LogP contribution in [0.1, 0.15) is 24.5 Å². The number of hydrogen-bond acceptors (Lipinski definition) is 1. The van der Waals surface area contributed by atoms with Gasteiger partial charge in [-0.15, -0.1) is 0 Å². The Bertz CT molecular complexity index is 542. The molecule has 3 heteroatoms. The number of aliphatic hydroxyl groups is 1. The van der Waals surface area contributed by atoms with Gasteiger partial charge >= 0.3 is 0 Å². The van der Waals surface area contributed by atoms with E-state index in [1.807, 2.05) is 48.5 Å². The van der Waals surface area contributed by atoms with Gasteiger partial charge in [0.25, 0.3) is 0 Å². The molecule has 0 bridgehead atoms. The van der Waals surface area contributed by atoms with Crippen molar-refractivity contribution in [3.05, 3.63) is 69.7 Å². The first-order valence-corrected chi connectivity index (χ1v) is 7.48. The van der Waals surface area contributed by atoms with E-state index in [0.29, 0.717) is 16.5 Å². The molecule has 0 aliphatic heterocycles. The molecule has 0 amide bonds. The molecule has 0 aliphatic rings. The number of benzene rings is 2. The molecule has 1 unspecified atom stereocenters. The van der Waals surface area contributed by atoms with Crippen molar-refractivity contribution in [2.45, 2.75) is 25.2 Å². The Labute approximate surface area is 130 Å². The fourth-order valence-corrected chi connectivity index (χ4v) is 3.05. The van der Waals surface area contributed by atoms with Crippen LogP contribution < -0.4 is 0 Å². The second kappa shape index (κ2) is 6.62. The molecule has 0 radical (unpaired) electrons. The van der Waals surface area contributed by atoms with Gasteiger partial charge in [-0.1, -0.05) is 66.5 Å². The zero-order chi connectivity index (χ0) is 14.6. The zero-order valence-electron chi connectivity index (χ0n) is 11.4. The van der Waals surface area contributed by atoms with Crippen LogP contribution in [0.4, 0.5) is 0 Å². The van der Waals surface area contributed by atoms with Gasteiger partial charge in [0.15, 0.2) is 0 Å².